The van der Waals surface area contributed by atoms with E-state index in [4.69, 9.17) is 0 Å². The van der Waals surface area contributed by atoms with Gasteiger partial charge in [-0.25, -0.2) is 4.39 Å². The van der Waals surface area contributed by atoms with Gasteiger partial charge >= 0.3 is 0 Å². The molecule has 25 heavy (non-hydrogen) atoms. The molecule has 4 rings (SSSR count). The third-order valence-corrected chi connectivity index (χ3v) is 5.46. The first-order valence-corrected chi connectivity index (χ1v) is 9.00. The Bertz CT molecular complexity index is 761. The van der Waals surface area contributed by atoms with E-state index in [-0.39, 0.29) is 18.3 Å². The molecule has 7 heteroatoms. The normalized spacial score (nSPS) is 23.3. The molecular weight excluding hydrogens is 321 g/mol. The van der Waals surface area contributed by atoms with Gasteiger partial charge in [-0.1, -0.05) is 31.4 Å². The number of aromatic nitrogens is 4. The molecule has 0 bridgehead atoms. The predicted octanol–water partition coefficient (Wildman–Crippen LogP) is 2.52. The summed E-state index contributed by atoms with van der Waals surface area (Å²) in [7, 11) is 0. The minimum Gasteiger partial charge on any atom is -0.341 e. The second-order valence-corrected chi connectivity index (χ2v) is 7.09. The molecule has 2 fully saturated rings. The van der Waals surface area contributed by atoms with Crippen LogP contribution in [0, 0.1) is 17.7 Å². The number of rotatable bonds is 3. The molecule has 1 saturated carbocycles. The lowest BCUT2D eigenvalue weighted by Gasteiger charge is -2.41. The molecule has 1 amide bonds. The monoisotopic (exact) mass is 343 g/mol. The number of piperidine rings is 1. The van der Waals surface area contributed by atoms with Crippen LogP contribution in [0.2, 0.25) is 0 Å². The van der Waals surface area contributed by atoms with E-state index in [1.165, 1.54) is 42.6 Å². The van der Waals surface area contributed by atoms with Crippen LogP contribution in [-0.2, 0) is 11.3 Å². The van der Waals surface area contributed by atoms with Crippen molar-refractivity contribution >= 4 is 5.91 Å². The quantitative estimate of drug-likeness (QED) is 0.859. The molecule has 6 nitrogen and oxygen atoms in total. The van der Waals surface area contributed by atoms with Crippen LogP contribution in [0.4, 0.5) is 4.39 Å². The summed E-state index contributed by atoms with van der Waals surface area (Å²) in [6, 6.07) is 6.05. The minimum absolute atomic E-state index is 0.0345. The fourth-order valence-corrected chi connectivity index (χ4v) is 4.10. The summed E-state index contributed by atoms with van der Waals surface area (Å²) >= 11 is 0. The van der Waals surface area contributed by atoms with Crippen molar-refractivity contribution in [1.82, 2.24) is 25.1 Å². The Morgan fingerprint density at radius 3 is 2.88 bits per heavy atom. The molecule has 0 radical (unpaired) electrons. The average molecular weight is 343 g/mol. The van der Waals surface area contributed by atoms with Gasteiger partial charge in [0.15, 0.2) is 0 Å². The summed E-state index contributed by atoms with van der Waals surface area (Å²) in [4.78, 5) is 15.8. The molecule has 1 saturated heterocycles. The molecule has 2 aliphatic rings. The molecule has 1 aliphatic heterocycles. The molecule has 2 aromatic rings. The number of halogens is 1. The van der Waals surface area contributed by atoms with Gasteiger partial charge in [0, 0.05) is 18.7 Å². The highest BCUT2D eigenvalue weighted by Crippen LogP contribution is 2.36. The topological polar surface area (TPSA) is 63.9 Å². The van der Waals surface area contributed by atoms with Gasteiger partial charge in [0.2, 0.25) is 11.7 Å². The molecular formula is C18H22FN5O. The maximum absolute atomic E-state index is 13.3. The Kier molecular flexibility index (Phi) is 4.46. The summed E-state index contributed by atoms with van der Waals surface area (Å²) in [5.74, 6) is 1.46. The number of benzene rings is 1. The highest BCUT2D eigenvalue weighted by Gasteiger charge is 2.33. The first kappa shape index (κ1) is 16.2. The molecule has 1 aromatic heterocycles. The molecule has 0 unspecified atom stereocenters. The zero-order chi connectivity index (χ0) is 17.2. The van der Waals surface area contributed by atoms with Crippen molar-refractivity contribution in [3.63, 3.8) is 0 Å². The fraction of sp³-hybridized carbons (Fsp3) is 0.556. The second-order valence-electron chi connectivity index (χ2n) is 7.09. The standard InChI is InChI=1S/C18H22FN5O/c19-16-7-3-6-14(10-16)18-20-22-24(21-18)12-17(25)23-9-8-13-4-1-2-5-15(13)11-23/h3,6-7,10,13,15H,1-2,4-5,8-9,11-12H2/t13-,15+/m1/s1. The van der Waals surface area contributed by atoms with Crippen molar-refractivity contribution in [2.75, 3.05) is 13.1 Å². The Morgan fingerprint density at radius 2 is 2.04 bits per heavy atom. The lowest BCUT2D eigenvalue weighted by atomic mass is 9.75. The zero-order valence-corrected chi connectivity index (χ0v) is 14.1. The van der Waals surface area contributed by atoms with Crippen molar-refractivity contribution in [2.45, 2.75) is 38.6 Å². The maximum atomic E-state index is 13.3. The summed E-state index contributed by atoms with van der Waals surface area (Å²) in [6.07, 6.45) is 6.27. The molecule has 0 spiro atoms. The Balaban J connectivity index is 1.40. The highest BCUT2D eigenvalue weighted by atomic mass is 19.1. The van der Waals surface area contributed by atoms with Crippen LogP contribution in [0.15, 0.2) is 24.3 Å². The second kappa shape index (κ2) is 6.90. The number of carbonyl (C=O) groups excluding carboxylic acids is 1. The predicted molar refractivity (Wildman–Crippen MR) is 89.9 cm³/mol. The van der Waals surface area contributed by atoms with E-state index in [0.29, 0.717) is 17.3 Å². The zero-order valence-electron chi connectivity index (χ0n) is 14.1. The molecule has 1 aromatic carbocycles. The number of nitrogens with zero attached hydrogens (tertiary/aromatic N) is 5. The highest BCUT2D eigenvalue weighted by molar-refractivity contribution is 5.76. The van der Waals surface area contributed by atoms with Crippen molar-refractivity contribution < 1.29 is 9.18 Å². The van der Waals surface area contributed by atoms with Gasteiger partial charge in [0.1, 0.15) is 12.4 Å². The molecule has 0 N–H and O–H groups in total. The van der Waals surface area contributed by atoms with Gasteiger partial charge in [-0.2, -0.15) is 4.80 Å². The summed E-state index contributed by atoms with van der Waals surface area (Å²) in [6.45, 7) is 1.76. The van der Waals surface area contributed by atoms with Crippen LogP contribution >= 0.6 is 0 Å². The van der Waals surface area contributed by atoms with Crippen molar-refractivity contribution in [3.05, 3.63) is 30.1 Å². The number of tetrazole rings is 1. The number of likely N-dealkylation sites (tertiary alicyclic amines) is 1. The number of fused-ring (bicyclic) bond motifs is 1. The van der Waals surface area contributed by atoms with Gasteiger partial charge in [0.25, 0.3) is 0 Å². The SMILES string of the molecule is O=C(Cn1nnc(-c2cccc(F)c2)n1)N1CC[C@H]2CCCC[C@H]2C1. The van der Waals surface area contributed by atoms with E-state index in [1.807, 2.05) is 4.90 Å². The smallest absolute Gasteiger partial charge is 0.246 e. The minimum atomic E-state index is -0.347. The van der Waals surface area contributed by atoms with Crippen molar-refractivity contribution in [3.8, 4) is 11.4 Å². The van der Waals surface area contributed by atoms with Crippen molar-refractivity contribution in [2.24, 2.45) is 11.8 Å². The van der Waals surface area contributed by atoms with Crippen LogP contribution < -0.4 is 0 Å². The van der Waals surface area contributed by atoms with E-state index in [0.717, 1.165) is 25.4 Å². The van der Waals surface area contributed by atoms with Crippen molar-refractivity contribution in [1.29, 1.82) is 0 Å². The first-order chi connectivity index (χ1) is 12.2. The van der Waals surface area contributed by atoms with Gasteiger partial charge in [-0.05, 0) is 42.0 Å². The summed E-state index contributed by atoms with van der Waals surface area (Å²) < 4.78 is 13.3. The summed E-state index contributed by atoms with van der Waals surface area (Å²) in [5, 5.41) is 12.1. The number of hydrogen-bond donors (Lipinski definition) is 0. The van der Waals surface area contributed by atoms with Gasteiger partial charge in [-0.15, -0.1) is 10.2 Å². The Morgan fingerprint density at radius 1 is 1.20 bits per heavy atom. The largest absolute Gasteiger partial charge is 0.341 e. The Hall–Kier alpha value is -2.31. The van der Waals surface area contributed by atoms with E-state index in [2.05, 4.69) is 15.4 Å². The lowest BCUT2D eigenvalue weighted by molar-refractivity contribution is -0.135. The Labute approximate surface area is 146 Å². The van der Waals surface area contributed by atoms with Crippen LogP contribution in [0.5, 0.6) is 0 Å². The number of hydrogen-bond acceptors (Lipinski definition) is 4. The van der Waals surface area contributed by atoms with Gasteiger partial charge < -0.3 is 4.90 Å². The first-order valence-electron chi connectivity index (χ1n) is 9.00. The third kappa shape index (κ3) is 3.55. The van der Waals surface area contributed by atoms with Gasteiger partial charge in [-0.3, -0.25) is 4.79 Å². The molecule has 132 valence electrons. The van der Waals surface area contributed by atoms with E-state index in [9.17, 15) is 9.18 Å². The number of carbonyl (C=O) groups is 1. The van der Waals surface area contributed by atoms with E-state index < -0.39 is 0 Å². The van der Waals surface area contributed by atoms with Gasteiger partial charge in [0.05, 0.1) is 0 Å². The number of amides is 1. The summed E-state index contributed by atoms with van der Waals surface area (Å²) in [5.41, 5.74) is 0.557. The maximum Gasteiger partial charge on any atom is 0.246 e. The van der Waals surface area contributed by atoms with Crippen LogP contribution in [0.1, 0.15) is 32.1 Å². The molecule has 2 atom stereocenters. The van der Waals surface area contributed by atoms with Crippen LogP contribution in [0.3, 0.4) is 0 Å². The van der Waals surface area contributed by atoms with Crippen LogP contribution in [0.25, 0.3) is 11.4 Å². The van der Waals surface area contributed by atoms with E-state index >= 15 is 0 Å². The van der Waals surface area contributed by atoms with Crippen LogP contribution in [-0.4, -0.2) is 44.1 Å². The lowest BCUT2D eigenvalue weighted by Crippen LogP contribution is -2.46. The van der Waals surface area contributed by atoms with E-state index in [1.54, 1.807) is 12.1 Å². The fourth-order valence-electron chi connectivity index (χ4n) is 4.10. The molecule has 1 aliphatic carbocycles. The third-order valence-electron chi connectivity index (χ3n) is 5.46. The molecule has 2 heterocycles. The average Bonchev–Trinajstić information content (AvgIpc) is 3.10.